The number of nitrogens with one attached hydrogen (secondary N) is 1. The fourth-order valence-corrected chi connectivity index (χ4v) is 4.54. The SMILES string of the molecule is CN(C)C1CCN(c2ccc(NC(=O)[C@H]3C[C@@H]3c3ccccc3C(F)(F)F)cc2)CC1. The maximum Gasteiger partial charge on any atom is 0.416 e. The molecule has 2 fully saturated rings. The molecule has 2 aromatic carbocycles. The zero-order valence-corrected chi connectivity index (χ0v) is 17.8. The number of benzene rings is 2. The van der Waals surface area contributed by atoms with E-state index in [-0.39, 0.29) is 17.4 Å². The van der Waals surface area contributed by atoms with E-state index in [9.17, 15) is 18.0 Å². The molecule has 0 aromatic heterocycles. The van der Waals surface area contributed by atoms with Crippen molar-refractivity contribution >= 4 is 17.3 Å². The second kappa shape index (κ2) is 8.54. The molecule has 1 heterocycles. The minimum absolute atomic E-state index is 0.214. The molecule has 1 aliphatic heterocycles. The van der Waals surface area contributed by atoms with Crippen LogP contribution in [0.15, 0.2) is 48.5 Å². The van der Waals surface area contributed by atoms with Crippen LogP contribution < -0.4 is 10.2 Å². The first-order chi connectivity index (χ1) is 14.7. The van der Waals surface area contributed by atoms with E-state index in [0.29, 0.717) is 18.2 Å². The third-order valence-electron chi connectivity index (χ3n) is 6.49. The van der Waals surface area contributed by atoms with Crippen molar-refractivity contribution < 1.29 is 18.0 Å². The lowest BCUT2D eigenvalue weighted by Gasteiger charge is -2.36. The van der Waals surface area contributed by atoms with Crippen LogP contribution in [-0.4, -0.2) is 44.0 Å². The van der Waals surface area contributed by atoms with Crippen LogP contribution in [-0.2, 0) is 11.0 Å². The summed E-state index contributed by atoms with van der Waals surface area (Å²) in [4.78, 5) is 17.2. The van der Waals surface area contributed by atoms with E-state index < -0.39 is 17.7 Å². The number of carbonyl (C=O) groups excluding carboxylic acids is 1. The summed E-state index contributed by atoms with van der Waals surface area (Å²) in [6, 6.07) is 13.9. The number of anilines is 2. The molecule has 31 heavy (non-hydrogen) atoms. The highest BCUT2D eigenvalue weighted by Gasteiger charge is 2.47. The summed E-state index contributed by atoms with van der Waals surface area (Å²) in [7, 11) is 4.23. The molecular weight excluding hydrogens is 403 g/mol. The summed E-state index contributed by atoms with van der Waals surface area (Å²) < 4.78 is 39.8. The first-order valence-electron chi connectivity index (χ1n) is 10.7. The van der Waals surface area contributed by atoms with Gasteiger partial charge in [-0.15, -0.1) is 0 Å². The number of hydrogen-bond acceptors (Lipinski definition) is 3. The average Bonchev–Trinajstić information content (AvgIpc) is 3.55. The molecule has 1 amide bonds. The predicted octanol–water partition coefficient (Wildman–Crippen LogP) is 4.98. The Hall–Kier alpha value is -2.54. The summed E-state index contributed by atoms with van der Waals surface area (Å²) >= 11 is 0. The molecule has 4 rings (SSSR count). The second-order valence-corrected chi connectivity index (χ2v) is 8.75. The molecule has 166 valence electrons. The lowest BCUT2D eigenvalue weighted by molar-refractivity contribution is -0.138. The van der Waals surface area contributed by atoms with Crippen LogP contribution in [0.4, 0.5) is 24.5 Å². The van der Waals surface area contributed by atoms with Crippen molar-refractivity contribution in [1.82, 2.24) is 4.90 Å². The number of halogens is 3. The molecule has 0 radical (unpaired) electrons. The number of alkyl halides is 3. The minimum Gasteiger partial charge on any atom is -0.371 e. The first kappa shape index (κ1) is 21.7. The third-order valence-corrected chi connectivity index (χ3v) is 6.49. The normalized spacial score (nSPS) is 21.9. The Bertz CT molecular complexity index is 918. The maximum atomic E-state index is 13.3. The second-order valence-electron chi connectivity index (χ2n) is 8.75. The van der Waals surface area contributed by atoms with Crippen molar-refractivity contribution in [3.05, 3.63) is 59.7 Å². The number of piperidine rings is 1. The molecule has 1 saturated heterocycles. The molecule has 7 heteroatoms. The van der Waals surface area contributed by atoms with E-state index in [0.717, 1.165) is 37.7 Å². The van der Waals surface area contributed by atoms with Gasteiger partial charge in [0.2, 0.25) is 5.91 Å². The van der Waals surface area contributed by atoms with Crippen LogP contribution in [0, 0.1) is 5.92 Å². The third kappa shape index (κ3) is 4.87. The maximum absolute atomic E-state index is 13.3. The van der Waals surface area contributed by atoms with Gasteiger partial charge in [-0.3, -0.25) is 4.79 Å². The van der Waals surface area contributed by atoms with Crippen LogP contribution in [0.5, 0.6) is 0 Å². The summed E-state index contributed by atoms with van der Waals surface area (Å²) in [5.74, 6) is -1.02. The van der Waals surface area contributed by atoms with E-state index in [1.54, 1.807) is 6.07 Å². The molecule has 2 aliphatic rings. The Morgan fingerprint density at radius 3 is 2.29 bits per heavy atom. The number of amides is 1. The predicted molar refractivity (Wildman–Crippen MR) is 116 cm³/mol. The quantitative estimate of drug-likeness (QED) is 0.726. The van der Waals surface area contributed by atoms with Gasteiger partial charge in [0.15, 0.2) is 0 Å². The van der Waals surface area contributed by atoms with Crippen molar-refractivity contribution in [2.75, 3.05) is 37.4 Å². The molecular formula is C24H28F3N3O. The number of carbonyl (C=O) groups is 1. The Morgan fingerprint density at radius 2 is 1.68 bits per heavy atom. The van der Waals surface area contributed by atoms with Crippen molar-refractivity contribution in [2.45, 2.75) is 37.4 Å². The Labute approximate surface area is 181 Å². The van der Waals surface area contributed by atoms with Gasteiger partial charge >= 0.3 is 6.18 Å². The van der Waals surface area contributed by atoms with E-state index in [2.05, 4.69) is 29.2 Å². The van der Waals surface area contributed by atoms with Gasteiger partial charge in [-0.1, -0.05) is 18.2 Å². The Morgan fingerprint density at radius 1 is 1.03 bits per heavy atom. The molecule has 1 saturated carbocycles. The monoisotopic (exact) mass is 431 g/mol. The van der Waals surface area contributed by atoms with E-state index in [1.807, 2.05) is 24.3 Å². The molecule has 1 N–H and O–H groups in total. The van der Waals surface area contributed by atoms with Crippen LogP contribution in [0.2, 0.25) is 0 Å². The largest absolute Gasteiger partial charge is 0.416 e. The van der Waals surface area contributed by atoms with Crippen molar-refractivity contribution in [1.29, 1.82) is 0 Å². The highest BCUT2D eigenvalue weighted by atomic mass is 19.4. The molecule has 2 atom stereocenters. The van der Waals surface area contributed by atoms with Gasteiger partial charge in [-0.05, 0) is 75.2 Å². The van der Waals surface area contributed by atoms with Gasteiger partial charge in [0.05, 0.1) is 5.56 Å². The van der Waals surface area contributed by atoms with Gasteiger partial charge in [0.1, 0.15) is 0 Å². The summed E-state index contributed by atoms with van der Waals surface area (Å²) in [5, 5.41) is 2.87. The van der Waals surface area contributed by atoms with Crippen LogP contribution in [0.25, 0.3) is 0 Å². The number of hydrogen-bond donors (Lipinski definition) is 1. The Balaban J connectivity index is 1.35. The van der Waals surface area contributed by atoms with Crippen LogP contribution >= 0.6 is 0 Å². The van der Waals surface area contributed by atoms with Gasteiger partial charge in [0, 0.05) is 36.4 Å². The molecule has 1 aliphatic carbocycles. The molecule has 0 unspecified atom stereocenters. The first-order valence-corrected chi connectivity index (χ1v) is 10.7. The van der Waals surface area contributed by atoms with E-state index in [1.165, 1.54) is 12.1 Å². The Kier molecular flexibility index (Phi) is 5.97. The highest BCUT2D eigenvalue weighted by Crippen LogP contribution is 2.51. The van der Waals surface area contributed by atoms with E-state index >= 15 is 0 Å². The molecule has 0 bridgehead atoms. The van der Waals surface area contributed by atoms with Gasteiger partial charge < -0.3 is 15.1 Å². The molecule has 0 spiro atoms. The minimum atomic E-state index is -4.41. The van der Waals surface area contributed by atoms with Gasteiger partial charge in [-0.2, -0.15) is 13.2 Å². The zero-order valence-electron chi connectivity index (χ0n) is 17.8. The fourth-order valence-electron chi connectivity index (χ4n) is 4.54. The fraction of sp³-hybridized carbons (Fsp3) is 0.458. The standard InChI is InChI=1S/C24H28F3N3O/c1-29(2)17-11-13-30(14-12-17)18-9-7-16(8-10-18)28-23(31)21-15-20(21)19-5-3-4-6-22(19)24(25,26)27/h3-10,17,20-21H,11-15H2,1-2H3,(H,28,31)/t20-,21+/m1/s1. The lowest BCUT2D eigenvalue weighted by Crippen LogP contribution is -2.41. The topological polar surface area (TPSA) is 35.6 Å². The number of nitrogens with zero attached hydrogens (tertiary/aromatic N) is 2. The van der Waals surface area contributed by atoms with Crippen LogP contribution in [0.1, 0.15) is 36.3 Å². The summed E-state index contributed by atoms with van der Waals surface area (Å²) in [5.41, 5.74) is 1.37. The molecule has 4 nitrogen and oxygen atoms in total. The summed E-state index contributed by atoms with van der Waals surface area (Å²) in [6.07, 6.45) is -1.73. The number of rotatable bonds is 5. The van der Waals surface area contributed by atoms with E-state index in [4.69, 9.17) is 0 Å². The molecule has 2 aromatic rings. The van der Waals surface area contributed by atoms with Gasteiger partial charge in [0.25, 0.3) is 0 Å². The lowest BCUT2D eigenvalue weighted by atomic mass is 10.0. The highest BCUT2D eigenvalue weighted by molar-refractivity contribution is 5.95. The summed E-state index contributed by atoms with van der Waals surface area (Å²) in [6.45, 7) is 1.99. The van der Waals surface area contributed by atoms with Crippen LogP contribution in [0.3, 0.4) is 0 Å². The average molecular weight is 432 g/mol. The van der Waals surface area contributed by atoms with Crippen molar-refractivity contribution in [3.63, 3.8) is 0 Å². The van der Waals surface area contributed by atoms with Crippen molar-refractivity contribution in [2.24, 2.45) is 5.92 Å². The van der Waals surface area contributed by atoms with Crippen molar-refractivity contribution in [3.8, 4) is 0 Å². The smallest absolute Gasteiger partial charge is 0.371 e. The van der Waals surface area contributed by atoms with Gasteiger partial charge in [-0.25, -0.2) is 0 Å². The zero-order chi connectivity index (χ0) is 22.2.